The van der Waals surface area contributed by atoms with E-state index >= 15 is 0 Å². The molecule has 76 valence electrons. The standard InChI is InChI=1S/C15H16/c1-2-4-12(5-3-1)13-6-8-14(9-7-13)15-10-11-15/h1-8,14-15H,9-11H2. The van der Waals surface area contributed by atoms with Gasteiger partial charge in [0.1, 0.15) is 0 Å². The van der Waals surface area contributed by atoms with Crippen molar-refractivity contribution in [1.82, 2.24) is 0 Å². The summed E-state index contributed by atoms with van der Waals surface area (Å²) in [6, 6.07) is 10.7. The zero-order valence-electron chi connectivity index (χ0n) is 8.89. The molecule has 0 aromatic heterocycles. The van der Waals surface area contributed by atoms with Gasteiger partial charge in [0.25, 0.3) is 0 Å². The molecule has 1 aromatic carbocycles. The van der Waals surface area contributed by atoms with Crippen molar-refractivity contribution in [1.29, 1.82) is 0 Å². The van der Waals surface area contributed by atoms with Gasteiger partial charge in [-0.25, -0.2) is 0 Å². The van der Waals surface area contributed by atoms with Crippen LogP contribution in [-0.2, 0) is 0 Å². The fourth-order valence-corrected chi connectivity index (χ4v) is 2.36. The second-order valence-corrected chi connectivity index (χ2v) is 4.62. The van der Waals surface area contributed by atoms with Gasteiger partial charge in [-0.3, -0.25) is 0 Å². The summed E-state index contributed by atoms with van der Waals surface area (Å²) in [5, 5.41) is 0. The van der Waals surface area contributed by atoms with Crippen LogP contribution in [0.4, 0.5) is 0 Å². The van der Waals surface area contributed by atoms with Crippen molar-refractivity contribution in [3.63, 3.8) is 0 Å². The van der Waals surface area contributed by atoms with Crippen molar-refractivity contribution >= 4 is 5.57 Å². The SMILES string of the molecule is C1=CC(C2CC2)CC=C1c1ccccc1. The van der Waals surface area contributed by atoms with Crippen LogP contribution < -0.4 is 0 Å². The number of hydrogen-bond donors (Lipinski definition) is 0. The summed E-state index contributed by atoms with van der Waals surface area (Å²) < 4.78 is 0. The van der Waals surface area contributed by atoms with Crippen LogP contribution in [-0.4, -0.2) is 0 Å². The Morgan fingerprint density at radius 2 is 1.80 bits per heavy atom. The Bertz CT molecular complexity index is 393. The first-order valence-corrected chi connectivity index (χ1v) is 5.87. The van der Waals surface area contributed by atoms with E-state index in [4.69, 9.17) is 0 Å². The molecule has 2 aliphatic carbocycles. The van der Waals surface area contributed by atoms with Gasteiger partial charge in [-0.2, -0.15) is 0 Å². The van der Waals surface area contributed by atoms with Gasteiger partial charge in [-0.1, -0.05) is 48.6 Å². The largest absolute Gasteiger partial charge is 0.0802 e. The van der Waals surface area contributed by atoms with E-state index < -0.39 is 0 Å². The first-order valence-electron chi connectivity index (χ1n) is 5.87. The molecule has 0 radical (unpaired) electrons. The molecule has 2 aliphatic rings. The van der Waals surface area contributed by atoms with Crippen LogP contribution in [0.2, 0.25) is 0 Å². The summed E-state index contributed by atoms with van der Waals surface area (Å²) in [5.41, 5.74) is 2.75. The third kappa shape index (κ3) is 1.90. The fraction of sp³-hybridized carbons (Fsp3) is 0.333. The molecule has 0 amide bonds. The highest BCUT2D eigenvalue weighted by Gasteiger charge is 2.29. The quantitative estimate of drug-likeness (QED) is 0.669. The zero-order valence-corrected chi connectivity index (χ0v) is 8.89. The molecule has 1 saturated carbocycles. The summed E-state index contributed by atoms with van der Waals surface area (Å²) in [6.07, 6.45) is 11.3. The van der Waals surface area contributed by atoms with Crippen LogP contribution in [0.25, 0.3) is 5.57 Å². The van der Waals surface area contributed by atoms with Gasteiger partial charge in [0, 0.05) is 0 Å². The molecule has 0 heterocycles. The summed E-state index contributed by atoms with van der Waals surface area (Å²) in [4.78, 5) is 0. The molecule has 1 aromatic rings. The van der Waals surface area contributed by atoms with E-state index in [1.807, 2.05) is 0 Å². The highest BCUT2D eigenvalue weighted by Crippen LogP contribution is 2.41. The number of hydrogen-bond acceptors (Lipinski definition) is 0. The average Bonchev–Trinajstić information content (AvgIpc) is 3.15. The van der Waals surface area contributed by atoms with E-state index in [-0.39, 0.29) is 0 Å². The molecular weight excluding hydrogens is 180 g/mol. The van der Waals surface area contributed by atoms with E-state index in [9.17, 15) is 0 Å². The van der Waals surface area contributed by atoms with Gasteiger partial charge in [0.15, 0.2) is 0 Å². The minimum atomic E-state index is 0.831. The van der Waals surface area contributed by atoms with Crippen LogP contribution in [0.1, 0.15) is 24.8 Å². The molecule has 0 heteroatoms. The Hall–Kier alpha value is -1.30. The van der Waals surface area contributed by atoms with Crippen LogP contribution in [0, 0.1) is 11.8 Å². The Labute approximate surface area is 91.3 Å². The van der Waals surface area contributed by atoms with Crippen molar-refractivity contribution in [3.8, 4) is 0 Å². The van der Waals surface area contributed by atoms with Crippen LogP contribution in [0.3, 0.4) is 0 Å². The van der Waals surface area contributed by atoms with E-state index in [0.717, 1.165) is 11.8 Å². The second-order valence-electron chi connectivity index (χ2n) is 4.62. The van der Waals surface area contributed by atoms with E-state index in [1.54, 1.807) is 0 Å². The van der Waals surface area contributed by atoms with Gasteiger partial charge >= 0.3 is 0 Å². The minimum absolute atomic E-state index is 0.831. The van der Waals surface area contributed by atoms with E-state index in [2.05, 4.69) is 48.6 Å². The number of allylic oxidation sites excluding steroid dienone is 4. The molecule has 0 saturated heterocycles. The molecule has 1 unspecified atom stereocenters. The van der Waals surface area contributed by atoms with Crippen LogP contribution >= 0.6 is 0 Å². The smallest absolute Gasteiger partial charge is 0.0167 e. The van der Waals surface area contributed by atoms with E-state index in [0.29, 0.717) is 0 Å². The third-order valence-corrected chi connectivity index (χ3v) is 3.47. The van der Waals surface area contributed by atoms with Crippen molar-refractivity contribution in [2.24, 2.45) is 11.8 Å². The number of rotatable bonds is 2. The second kappa shape index (κ2) is 3.69. The zero-order chi connectivity index (χ0) is 10.1. The van der Waals surface area contributed by atoms with Gasteiger partial charge in [-0.05, 0) is 42.2 Å². The molecular formula is C15H16. The van der Waals surface area contributed by atoms with Crippen molar-refractivity contribution in [3.05, 3.63) is 54.1 Å². The van der Waals surface area contributed by atoms with Gasteiger partial charge in [0.2, 0.25) is 0 Å². The highest BCUT2D eigenvalue weighted by atomic mass is 14.3. The summed E-state index contributed by atoms with van der Waals surface area (Å²) in [7, 11) is 0. The predicted molar refractivity (Wildman–Crippen MR) is 64.4 cm³/mol. The molecule has 0 bridgehead atoms. The normalized spacial score (nSPS) is 25.1. The van der Waals surface area contributed by atoms with Gasteiger partial charge in [-0.15, -0.1) is 0 Å². The summed E-state index contributed by atoms with van der Waals surface area (Å²) in [5.74, 6) is 1.83. The van der Waals surface area contributed by atoms with Crippen LogP contribution in [0.5, 0.6) is 0 Å². The Morgan fingerprint density at radius 1 is 1.00 bits per heavy atom. The van der Waals surface area contributed by atoms with Crippen molar-refractivity contribution in [2.75, 3.05) is 0 Å². The first kappa shape index (κ1) is 8.96. The average molecular weight is 196 g/mol. The summed E-state index contributed by atoms with van der Waals surface area (Å²) >= 11 is 0. The highest BCUT2D eigenvalue weighted by molar-refractivity contribution is 5.74. The van der Waals surface area contributed by atoms with Crippen LogP contribution in [0.15, 0.2) is 48.6 Å². The maximum Gasteiger partial charge on any atom is -0.0167 e. The summed E-state index contributed by atoms with van der Waals surface area (Å²) in [6.45, 7) is 0. The Kier molecular flexibility index (Phi) is 2.21. The Balaban J connectivity index is 1.77. The molecule has 0 N–H and O–H groups in total. The molecule has 0 aliphatic heterocycles. The molecule has 3 rings (SSSR count). The maximum absolute atomic E-state index is 2.42. The topological polar surface area (TPSA) is 0 Å². The molecule has 15 heavy (non-hydrogen) atoms. The molecule has 0 nitrogen and oxygen atoms in total. The monoisotopic (exact) mass is 196 g/mol. The maximum atomic E-state index is 2.42. The van der Waals surface area contributed by atoms with E-state index in [1.165, 1.54) is 30.4 Å². The minimum Gasteiger partial charge on any atom is -0.0802 e. The molecule has 0 spiro atoms. The lowest BCUT2D eigenvalue weighted by atomic mass is 9.90. The van der Waals surface area contributed by atoms with Crippen molar-refractivity contribution < 1.29 is 0 Å². The Morgan fingerprint density at radius 3 is 2.40 bits per heavy atom. The molecule has 1 atom stereocenters. The first-order chi connectivity index (χ1) is 7.43. The third-order valence-electron chi connectivity index (χ3n) is 3.47. The van der Waals surface area contributed by atoms with Gasteiger partial charge in [0.05, 0.1) is 0 Å². The van der Waals surface area contributed by atoms with Gasteiger partial charge < -0.3 is 0 Å². The fourth-order valence-electron chi connectivity index (χ4n) is 2.36. The number of benzene rings is 1. The lowest BCUT2D eigenvalue weighted by Crippen LogP contribution is -2.01. The lowest BCUT2D eigenvalue weighted by molar-refractivity contribution is 0.574. The molecule has 1 fully saturated rings. The van der Waals surface area contributed by atoms with Crippen molar-refractivity contribution in [2.45, 2.75) is 19.3 Å². The lowest BCUT2D eigenvalue weighted by Gasteiger charge is -2.15. The predicted octanol–water partition coefficient (Wildman–Crippen LogP) is 4.06.